The summed E-state index contributed by atoms with van der Waals surface area (Å²) in [6, 6.07) is 2.99. The van der Waals surface area contributed by atoms with Crippen LogP contribution < -0.4 is 5.32 Å². The van der Waals surface area contributed by atoms with Gasteiger partial charge in [0, 0.05) is 19.7 Å². The number of nitrogens with zero attached hydrogens (tertiary/aromatic N) is 1. The quantitative estimate of drug-likeness (QED) is 0.929. The van der Waals surface area contributed by atoms with Gasteiger partial charge in [-0.1, -0.05) is 6.07 Å². The summed E-state index contributed by atoms with van der Waals surface area (Å²) in [4.78, 5) is 13.6. The summed E-state index contributed by atoms with van der Waals surface area (Å²) in [5.41, 5.74) is -0.630. The molecule has 0 atom stereocenters. The minimum Gasteiger partial charge on any atom is -0.375 e. The lowest BCUT2D eigenvalue weighted by Gasteiger charge is -2.39. The van der Waals surface area contributed by atoms with E-state index >= 15 is 0 Å². The zero-order valence-corrected chi connectivity index (χ0v) is 12.3. The van der Waals surface area contributed by atoms with Crippen molar-refractivity contribution in [3.63, 3.8) is 0 Å². The molecule has 1 saturated heterocycles. The maximum Gasteiger partial charge on any atom is 0.322 e. The van der Waals surface area contributed by atoms with E-state index in [1.807, 2.05) is 13.8 Å². The van der Waals surface area contributed by atoms with Crippen LogP contribution in [0.25, 0.3) is 0 Å². The fourth-order valence-electron chi connectivity index (χ4n) is 2.48. The molecule has 0 bridgehead atoms. The highest BCUT2D eigenvalue weighted by molar-refractivity contribution is 5.89. The molecular formula is C15H20F2N2O2. The molecule has 1 aliphatic rings. The van der Waals surface area contributed by atoms with E-state index in [1.54, 1.807) is 4.90 Å². The van der Waals surface area contributed by atoms with Crippen molar-refractivity contribution in [3.8, 4) is 0 Å². The van der Waals surface area contributed by atoms with E-state index in [-0.39, 0.29) is 5.60 Å². The average Bonchev–Trinajstić information content (AvgIpc) is 2.43. The Bertz CT molecular complexity index is 494. The number of rotatable bonds is 3. The molecule has 1 aromatic carbocycles. The van der Waals surface area contributed by atoms with Gasteiger partial charge in [0.25, 0.3) is 0 Å². The normalized spacial score (nSPS) is 17.6. The summed E-state index contributed by atoms with van der Waals surface area (Å²) < 4.78 is 32.7. The highest BCUT2D eigenvalue weighted by Crippen LogP contribution is 2.26. The monoisotopic (exact) mass is 298 g/mol. The molecule has 21 heavy (non-hydrogen) atoms. The number of urea groups is 1. The van der Waals surface area contributed by atoms with E-state index < -0.39 is 23.4 Å². The first-order valence-electron chi connectivity index (χ1n) is 7.09. The Labute approximate surface area is 123 Å². The van der Waals surface area contributed by atoms with Crippen LogP contribution in [0.4, 0.5) is 19.3 Å². The zero-order chi connectivity index (χ0) is 15.5. The predicted molar refractivity (Wildman–Crippen MR) is 76.2 cm³/mol. The Hall–Kier alpha value is -1.69. The predicted octanol–water partition coefficient (Wildman–Crippen LogP) is 3.39. The third-order valence-corrected chi connectivity index (χ3v) is 3.80. The maximum absolute atomic E-state index is 13.5. The molecule has 1 N–H and O–H groups in total. The lowest BCUT2D eigenvalue weighted by molar-refractivity contribution is -0.0589. The molecule has 4 nitrogen and oxygen atoms in total. The Kier molecular flexibility index (Phi) is 4.77. The van der Waals surface area contributed by atoms with Crippen LogP contribution in [0.1, 0.15) is 26.7 Å². The number of hydrogen-bond donors (Lipinski definition) is 1. The second-order valence-corrected chi connectivity index (χ2v) is 5.40. The molecule has 1 fully saturated rings. The molecule has 1 heterocycles. The standard InChI is InChI=1S/C15H20F2N2O2/c1-3-21-15(2)7-9-19(10-8-15)14(20)18-13-11(16)5-4-6-12(13)17/h4-6H,3,7-10H2,1-2H3,(H,18,20). The van der Waals surface area contributed by atoms with Crippen LogP contribution in [0.5, 0.6) is 0 Å². The van der Waals surface area contributed by atoms with E-state index in [4.69, 9.17) is 4.74 Å². The van der Waals surface area contributed by atoms with Crippen LogP contribution in [-0.2, 0) is 4.74 Å². The summed E-state index contributed by atoms with van der Waals surface area (Å²) in [5.74, 6) is -1.56. The number of anilines is 1. The van der Waals surface area contributed by atoms with Gasteiger partial charge in [0.05, 0.1) is 5.60 Å². The van der Waals surface area contributed by atoms with Crippen LogP contribution >= 0.6 is 0 Å². The van der Waals surface area contributed by atoms with Crippen LogP contribution in [0.3, 0.4) is 0 Å². The number of carbonyl (C=O) groups is 1. The maximum atomic E-state index is 13.5. The van der Waals surface area contributed by atoms with Gasteiger partial charge in [-0.2, -0.15) is 0 Å². The second-order valence-electron chi connectivity index (χ2n) is 5.40. The number of para-hydroxylation sites is 1. The highest BCUT2D eigenvalue weighted by atomic mass is 19.1. The van der Waals surface area contributed by atoms with Gasteiger partial charge in [-0.3, -0.25) is 0 Å². The number of carbonyl (C=O) groups excluding carboxylic acids is 1. The van der Waals surface area contributed by atoms with Gasteiger partial charge in [-0.15, -0.1) is 0 Å². The summed E-state index contributed by atoms with van der Waals surface area (Å²) in [5, 5.41) is 2.30. The topological polar surface area (TPSA) is 41.6 Å². The van der Waals surface area contributed by atoms with Crippen LogP contribution in [0.2, 0.25) is 0 Å². The van der Waals surface area contributed by atoms with E-state index in [9.17, 15) is 13.6 Å². The third kappa shape index (κ3) is 3.69. The molecule has 0 saturated carbocycles. The average molecular weight is 298 g/mol. The largest absolute Gasteiger partial charge is 0.375 e. The smallest absolute Gasteiger partial charge is 0.322 e. The second kappa shape index (κ2) is 6.39. The Morgan fingerprint density at radius 2 is 1.90 bits per heavy atom. The molecule has 1 aliphatic heterocycles. The van der Waals surface area contributed by atoms with Crippen molar-refractivity contribution in [2.75, 3.05) is 25.0 Å². The first kappa shape index (κ1) is 15.7. The number of likely N-dealkylation sites (tertiary alicyclic amines) is 1. The minimum atomic E-state index is -0.778. The molecular weight excluding hydrogens is 278 g/mol. The van der Waals surface area contributed by atoms with E-state index in [2.05, 4.69) is 5.32 Å². The molecule has 0 unspecified atom stereocenters. The van der Waals surface area contributed by atoms with Crippen LogP contribution in [0, 0.1) is 11.6 Å². The number of nitrogens with one attached hydrogen (secondary N) is 1. The van der Waals surface area contributed by atoms with E-state index in [0.29, 0.717) is 32.5 Å². The molecule has 2 rings (SSSR count). The van der Waals surface area contributed by atoms with Gasteiger partial charge in [0.1, 0.15) is 17.3 Å². The molecule has 116 valence electrons. The van der Waals surface area contributed by atoms with E-state index in [0.717, 1.165) is 12.1 Å². The Morgan fingerprint density at radius 1 is 1.33 bits per heavy atom. The molecule has 0 spiro atoms. The first-order chi connectivity index (χ1) is 9.95. The number of piperidine rings is 1. The van der Waals surface area contributed by atoms with Crippen molar-refractivity contribution in [2.24, 2.45) is 0 Å². The lowest BCUT2D eigenvalue weighted by Crippen LogP contribution is -2.48. The minimum absolute atomic E-state index is 0.227. The van der Waals surface area contributed by atoms with E-state index in [1.165, 1.54) is 6.07 Å². The Morgan fingerprint density at radius 3 is 2.43 bits per heavy atom. The summed E-state index contributed by atoms with van der Waals surface area (Å²) in [6.45, 7) is 5.58. The Balaban J connectivity index is 1.97. The van der Waals surface area contributed by atoms with Gasteiger partial charge in [0.15, 0.2) is 0 Å². The van der Waals surface area contributed by atoms with Gasteiger partial charge < -0.3 is 15.0 Å². The number of hydrogen-bond acceptors (Lipinski definition) is 2. The van der Waals surface area contributed by atoms with Crippen molar-refractivity contribution in [2.45, 2.75) is 32.3 Å². The fraction of sp³-hybridized carbons (Fsp3) is 0.533. The van der Waals surface area contributed by atoms with Crippen molar-refractivity contribution in [1.82, 2.24) is 4.90 Å². The number of halogens is 2. The molecule has 0 radical (unpaired) electrons. The SMILES string of the molecule is CCOC1(C)CCN(C(=O)Nc2c(F)cccc2F)CC1. The molecule has 0 aromatic heterocycles. The van der Waals surface area contributed by atoms with Gasteiger partial charge in [0.2, 0.25) is 0 Å². The zero-order valence-electron chi connectivity index (χ0n) is 12.3. The van der Waals surface area contributed by atoms with Gasteiger partial charge >= 0.3 is 6.03 Å². The number of ether oxygens (including phenoxy) is 1. The summed E-state index contributed by atoms with van der Waals surface area (Å²) in [7, 11) is 0. The van der Waals surface area contributed by atoms with Gasteiger partial charge in [-0.05, 0) is 38.8 Å². The van der Waals surface area contributed by atoms with Crippen LogP contribution in [0.15, 0.2) is 18.2 Å². The lowest BCUT2D eigenvalue weighted by atomic mass is 9.93. The third-order valence-electron chi connectivity index (χ3n) is 3.80. The van der Waals surface area contributed by atoms with Crippen molar-refractivity contribution in [1.29, 1.82) is 0 Å². The fourth-order valence-corrected chi connectivity index (χ4v) is 2.48. The number of amides is 2. The molecule has 6 heteroatoms. The highest BCUT2D eigenvalue weighted by Gasteiger charge is 2.32. The molecule has 2 amide bonds. The molecule has 0 aliphatic carbocycles. The summed E-state index contributed by atoms with van der Waals surface area (Å²) in [6.07, 6.45) is 1.40. The number of benzene rings is 1. The van der Waals surface area contributed by atoms with Gasteiger partial charge in [-0.25, -0.2) is 13.6 Å². The van der Waals surface area contributed by atoms with Crippen molar-refractivity contribution >= 4 is 11.7 Å². The first-order valence-corrected chi connectivity index (χ1v) is 7.09. The van der Waals surface area contributed by atoms with Crippen LogP contribution in [-0.4, -0.2) is 36.2 Å². The van der Waals surface area contributed by atoms with Crippen molar-refractivity contribution in [3.05, 3.63) is 29.8 Å². The molecule has 1 aromatic rings. The van der Waals surface area contributed by atoms with Crippen molar-refractivity contribution < 1.29 is 18.3 Å². The summed E-state index contributed by atoms with van der Waals surface area (Å²) >= 11 is 0.